The first kappa shape index (κ1) is 36.5. The molecule has 1 aliphatic rings. The van der Waals surface area contributed by atoms with Gasteiger partial charge in [-0.05, 0) is 59.8 Å². The molecule has 1 aliphatic heterocycles. The first-order chi connectivity index (χ1) is 23.2. The van der Waals surface area contributed by atoms with E-state index in [2.05, 4.69) is 68.3 Å². The Morgan fingerprint density at radius 1 is 1.12 bits per heavy atom. The summed E-state index contributed by atoms with van der Waals surface area (Å²) in [7, 11) is 0.819. The van der Waals surface area contributed by atoms with Crippen LogP contribution in [0.2, 0.25) is 16.6 Å². The first-order valence-electron chi connectivity index (χ1n) is 16.6. The van der Waals surface area contributed by atoms with E-state index in [0.717, 1.165) is 0 Å². The van der Waals surface area contributed by atoms with E-state index in [1.165, 1.54) is 24.9 Å². The van der Waals surface area contributed by atoms with Crippen LogP contribution in [0.15, 0.2) is 35.6 Å². The molecule has 5 rings (SSSR count). The highest BCUT2D eigenvalue weighted by molar-refractivity contribution is 7.98. The highest BCUT2D eigenvalue weighted by Gasteiger charge is 2.48. The van der Waals surface area contributed by atoms with Gasteiger partial charge in [-0.15, -0.1) is 5.54 Å². The number of fused-ring (bicyclic) bond motifs is 2. The molecule has 2 aromatic heterocycles. The van der Waals surface area contributed by atoms with Gasteiger partial charge in [0.2, 0.25) is 5.91 Å². The SMILES string of the molecule is CNC(=O)[C@]1(C)CCN1c1nc(-c2cc(OCOC)cc3ccc(F)c(C#C[Si](C(C)C)(C(C)C)C(C)C)c23)c(F)c2nc(SC)ncc12. The predicted molar refractivity (Wildman–Crippen MR) is 197 cm³/mol. The highest BCUT2D eigenvalue weighted by atomic mass is 32.2. The van der Waals surface area contributed by atoms with Crippen molar-refractivity contribution in [1.82, 2.24) is 20.3 Å². The Labute approximate surface area is 292 Å². The molecular weight excluding hydrogens is 661 g/mol. The van der Waals surface area contributed by atoms with Gasteiger partial charge in [-0.25, -0.2) is 23.7 Å². The quantitative estimate of drug-likeness (QED) is 0.0582. The molecule has 0 unspecified atom stereocenters. The van der Waals surface area contributed by atoms with Crippen molar-refractivity contribution in [2.75, 3.05) is 38.7 Å². The van der Waals surface area contributed by atoms with Crippen LogP contribution in [0.1, 0.15) is 60.5 Å². The lowest BCUT2D eigenvalue weighted by Crippen LogP contribution is -2.66. The molecule has 2 aromatic carbocycles. The van der Waals surface area contributed by atoms with Crippen molar-refractivity contribution in [3.05, 3.63) is 47.7 Å². The monoisotopic (exact) mass is 705 g/mol. The van der Waals surface area contributed by atoms with Gasteiger partial charge in [-0.1, -0.05) is 65.3 Å². The number of benzene rings is 2. The van der Waals surface area contributed by atoms with Gasteiger partial charge in [-0.2, -0.15) is 0 Å². The smallest absolute Gasteiger partial charge is 0.245 e. The number of hydrogen-bond acceptors (Lipinski definition) is 8. The number of amides is 1. The maximum atomic E-state index is 17.0. The second kappa shape index (κ2) is 14.2. The Hall–Kier alpha value is -3.79. The molecule has 1 N–H and O–H groups in total. The highest BCUT2D eigenvalue weighted by Crippen LogP contribution is 2.44. The van der Waals surface area contributed by atoms with Crippen LogP contribution in [-0.2, 0) is 9.53 Å². The molecule has 0 aliphatic carbocycles. The maximum absolute atomic E-state index is 17.0. The molecule has 1 fully saturated rings. The Bertz CT molecular complexity index is 1960. The Morgan fingerprint density at radius 3 is 2.39 bits per heavy atom. The van der Waals surface area contributed by atoms with Crippen molar-refractivity contribution in [2.24, 2.45) is 0 Å². The van der Waals surface area contributed by atoms with Crippen molar-refractivity contribution >= 4 is 53.2 Å². The molecule has 12 heteroatoms. The summed E-state index contributed by atoms with van der Waals surface area (Å²) in [4.78, 5) is 28.9. The van der Waals surface area contributed by atoms with E-state index in [0.29, 0.717) is 68.0 Å². The number of rotatable bonds is 10. The second-order valence-electron chi connectivity index (χ2n) is 13.7. The van der Waals surface area contributed by atoms with Crippen molar-refractivity contribution < 1.29 is 23.0 Å². The molecule has 1 saturated heterocycles. The number of anilines is 1. The Kier molecular flexibility index (Phi) is 10.6. The van der Waals surface area contributed by atoms with E-state index in [4.69, 9.17) is 14.5 Å². The molecule has 0 spiro atoms. The number of hydrogen-bond donors (Lipinski definition) is 1. The number of thioether (sulfide) groups is 1. The summed E-state index contributed by atoms with van der Waals surface area (Å²) in [5, 5.41) is 4.53. The lowest BCUT2D eigenvalue weighted by Gasteiger charge is -2.50. The molecular formula is C37H45F2N5O3SSi. The number of likely N-dealkylation sites (N-methyl/N-ethyl adjacent to an activating group) is 1. The summed E-state index contributed by atoms with van der Waals surface area (Å²) in [5.74, 6) is 2.68. The average molecular weight is 706 g/mol. The summed E-state index contributed by atoms with van der Waals surface area (Å²) >= 11 is 1.29. The summed E-state index contributed by atoms with van der Waals surface area (Å²) < 4.78 is 44.2. The number of pyridine rings is 1. The summed E-state index contributed by atoms with van der Waals surface area (Å²) in [6.07, 6.45) is 3.94. The molecule has 1 amide bonds. The molecule has 260 valence electrons. The van der Waals surface area contributed by atoms with Gasteiger partial charge >= 0.3 is 0 Å². The third-order valence-electron chi connectivity index (χ3n) is 10.1. The average Bonchev–Trinajstić information content (AvgIpc) is 3.07. The molecule has 3 heterocycles. The van der Waals surface area contributed by atoms with Crippen LogP contribution in [0.3, 0.4) is 0 Å². The molecule has 0 saturated carbocycles. The number of aromatic nitrogens is 3. The lowest BCUT2D eigenvalue weighted by atomic mass is 9.85. The first-order valence-corrected chi connectivity index (χ1v) is 20.0. The molecule has 0 radical (unpaired) electrons. The van der Waals surface area contributed by atoms with Crippen LogP contribution in [0.4, 0.5) is 14.6 Å². The minimum Gasteiger partial charge on any atom is -0.468 e. The van der Waals surface area contributed by atoms with Crippen LogP contribution in [-0.4, -0.2) is 68.2 Å². The second-order valence-corrected chi connectivity index (χ2v) is 20.0. The Morgan fingerprint density at radius 2 is 1.82 bits per heavy atom. The number of methoxy groups -OCH3 is 1. The van der Waals surface area contributed by atoms with Crippen LogP contribution in [0.25, 0.3) is 32.9 Å². The summed E-state index contributed by atoms with van der Waals surface area (Å²) in [5.41, 5.74) is 4.18. The van der Waals surface area contributed by atoms with E-state index < -0.39 is 25.2 Å². The topological polar surface area (TPSA) is 89.5 Å². The van der Waals surface area contributed by atoms with Crippen molar-refractivity contribution in [3.63, 3.8) is 0 Å². The summed E-state index contributed by atoms with van der Waals surface area (Å²) in [6, 6.07) is 6.45. The fourth-order valence-electron chi connectivity index (χ4n) is 7.45. The van der Waals surface area contributed by atoms with Crippen LogP contribution in [0.5, 0.6) is 5.75 Å². The number of nitrogens with one attached hydrogen (secondary N) is 1. The molecule has 4 aromatic rings. The third kappa shape index (κ3) is 6.25. The minimum atomic E-state index is -2.28. The van der Waals surface area contributed by atoms with Gasteiger partial charge in [0, 0.05) is 37.8 Å². The predicted octanol–water partition coefficient (Wildman–Crippen LogP) is 8.11. The third-order valence-corrected chi connectivity index (χ3v) is 17.0. The van der Waals surface area contributed by atoms with Gasteiger partial charge in [-0.3, -0.25) is 4.79 Å². The zero-order valence-electron chi connectivity index (χ0n) is 29.9. The van der Waals surface area contributed by atoms with E-state index in [1.807, 2.05) is 18.1 Å². The minimum absolute atomic E-state index is 0.0501. The number of halogens is 2. The van der Waals surface area contributed by atoms with E-state index in [1.54, 1.807) is 31.4 Å². The van der Waals surface area contributed by atoms with Gasteiger partial charge < -0.3 is 19.7 Å². The van der Waals surface area contributed by atoms with E-state index in [-0.39, 0.29) is 29.5 Å². The van der Waals surface area contributed by atoms with Gasteiger partial charge in [0.05, 0.1) is 10.9 Å². The van der Waals surface area contributed by atoms with E-state index in [9.17, 15) is 4.79 Å². The van der Waals surface area contributed by atoms with Gasteiger partial charge in [0.15, 0.2) is 17.8 Å². The van der Waals surface area contributed by atoms with Gasteiger partial charge in [0.25, 0.3) is 0 Å². The fourth-order valence-corrected chi connectivity index (χ4v) is 13.0. The van der Waals surface area contributed by atoms with Crippen LogP contribution >= 0.6 is 11.8 Å². The lowest BCUT2D eigenvalue weighted by molar-refractivity contribution is -0.127. The number of nitrogens with zero attached hydrogens (tertiary/aromatic N) is 4. The fraction of sp³-hybridized carbons (Fsp3) is 0.459. The van der Waals surface area contributed by atoms with Crippen molar-refractivity contribution in [1.29, 1.82) is 0 Å². The normalized spacial score (nSPS) is 16.3. The zero-order chi connectivity index (χ0) is 35.8. The zero-order valence-corrected chi connectivity index (χ0v) is 31.7. The van der Waals surface area contributed by atoms with Crippen molar-refractivity contribution in [3.8, 4) is 28.5 Å². The van der Waals surface area contributed by atoms with Gasteiger partial charge in [0.1, 0.15) is 42.2 Å². The molecule has 0 bridgehead atoms. The number of carbonyl (C=O) groups is 1. The Balaban J connectivity index is 1.90. The van der Waals surface area contributed by atoms with Crippen LogP contribution < -0.4 is 15.0 Å². The molecule has 49 heavy (non-hydrogen) atoms. The van der Waals surface area contributed by atoms with Crippen molar-refractivity contribution in [2.45, 2.75) is 82.2 Å². The number of carbonyl (C=O) groups excluding carboxylic acids is 1. The maximum Gasteiger partial charge on any atom is 0.245 e. The molecule has 8 nitrogen and oxygen atoms in total. The number of ether oxygens (including phenoxy) is 2. The molecule has 1 atom stereocenters. The standard InChI is InChI=1S/C37H45F2N5O3SSi/c1-21(2)49(22(3)4,23(5)6)16-13-26-29(38)12-11-24-17-25(47-20-46-9)18-27(30(24)26)32-31(39)33-28(19-41-36(43-33)48-10)34(42-32)44-15-14-37(44,7)35(45)40-8/h11-12,17-19,21-23H,14-15,20H2,1-10H3,(H,40,45)/t37-/m0/s1. The van der Waals surface area contributed by atoms with Crippen LogP contribution in [0, 0.1) is 23.1 Å². The summed E-state index contributed by atoms with van der Waals surface area (Å²) in [6.45, 7) is 15.5. The largest absolute Gasteiger partial charge is 0.468 e. The van der Waals surface area contributed by atoms with E-state index >= 15 is 8.78 Å².